The lowest BCUT2D eigenvalue weighted by Gasteiger charge is -2.12. The van der Waals surface area contributed by atoms with Gasteiger partial charge in [-0.05, 0) is 43.4 Å². The molecule has 0 radical (unpaired) electrons. The number of rotatable bonds is 9. The smallest absolute Gasteiger partial charge is 0.251 e. The van der Waals surface area contributed by atoms with Crippen LogP contribution >= 0.6 is 24.0 Å². The van der Waals surface area contributed by atoms with E-state index in [0.29, 0.717) is 24.6 Å². The third kappa shape index (κ3) is 10.3. The average Bonchev–Trinajstić information content (AvgIpc) is 2.57. The van der Waals surface area contributed by atoms with Gasteiger partial charge in [-0.2, -0.15) is 0 Å². The van der Waals surface area contributed by atoms with Gasteiger partial charge < -0.3 is 16.0 Å². The molecule has 0 aromatic heterocycles. The SMILES string of the molecule is CCCNC(=O)c1cccc(CN=C(NCC)NCCC(C)C)c1.I. The van der Waals surface area contributed by atoms with E-state index in [1.165, 1.54) is 0 Å². The van der Waals surface area contributed by atoms with E-state index in [9.17, 15) is 4.79 Å². The van der Waals surface area contributed by atoms with Crippen LogP contribution < -0.4 is 16.0 Å². The van der Waals surface area contributed by atoms with Crippen LogP contribution in [0.4, 0.5) is 0 Å². The molecule has 3 N–H and O–H groups in total. The molecule has 0 aliphatic carbocycles. The Morgan fingerprint density at radius 2 is 1.88 bits per heavy atom. The van der Waals surface area contributed by atoms with Gasteiger partial charge in [0.15, 0.2) is 5.96 Å². The number of aliphatic imine (C=N–C) groups is 1. The summed E-state index contributed by atoms with van der Waals surface area (Å²) in [5, 5.41) is 9.50. The van der Waals surface area contributed by atoms with Crippen molar-refractivity contribution in [1.29, 1.82) is 0 Å². The minimum Gasteiger partial charge on any atom is -0.357 e. The fourth-order valence-electron chi connectivity index (χ4n) is 2.14. The van der Waals surface area contributed by atoms with Crippen molar-refractivity contribution in [2.45, 2.75) is 47.1 Å². The van der Waals surface area contributed by atoms with Crippen LogP contribution in [-0.2, 0) is 6.54 Å². The van der Waals surface area contributed by atoms with E-state index in [-0.39, 0.29) is 29.9 Å². The predicted octanol–water partition coefficient (Wildman–Crippen LogP) is 3.55. The van der Waals surface area contributed by atoms with Crippen LogP contribution in [0.15, 0.2) is 29.3 Å². The van der Waals surface area contributed by atoms with Gasteiger partial charge in [-0.1, -0.05) is 32.9 Å². The average molecular weight is 460 g/mol. The number of carbonyl (C=O) groups is 1. The Hall–Kier alpha value is -1.31. The van der Waals surface area contributed by atoms with Crippen LogP contribution in [0, 0.1) is 5.92 Å². The van der Waals surface area contributed by atoms with E-state index >= 15 is 0 Å². The molecule has 25 heavy (non-hydrogen) atoms. The Morgan fingerprint density at radius 1 is 1.12 bits per heavy atom. The summed E-state index contributed by atoms with van der Waals surface area (Å²) < 4.78 is 0. The molecule has 1 aromatic rings. The van der Waals surface area contributed by atoms with Crippen molar-refractivity contribution in [2.75, 3.05) is 19.6 Å². The van der Waals surface area contributed by atoms with E-state index in [0.717, 1.165) is 37.5 Å². The topological polar surface area (TPSA) is 65.5 Å². The van der Waals surface area contributed by atoms with Crippen molar-refractivity contribution >= 4 is 35.8 Å². The Kier molecular flexibility index (Phi) is 13.2. The van der Waals surface area contributed by atoms with E-state index in [1.54, 1.807) is 0 Å². The lowest BCUT2D eigenvalue weighted by Crippen LogP contribution is -2.38. The third-order valence-corrected chi connectivity index (χ3v) is 3.50. The first-order valence-corrected chi connectivity index (χ1v) is 8.96. The van der Waals surface area contributed by atoms with Crippen molar-refractivity contribution in [3.05, 3.63) is 35.4 Å². The Labute approximate surface area is 169 Å². The maximum Gasteiger partial charge on any atom is 0.251 e. The molecule has 0 fully saturated rings. The summed E-state index contributed by atoms with van der Waals surface area (Å²) >= 11 is 0. The number of halogens is 1. The van der Waals surface area contributed by atoms with E-state index in [4.69, 9.17) is 0 Å². The van der Waals surface area contributed by atoms with Crippen molar-refractivity contribution in [1.82, 2.24) is 16.0 Å². The number of nitrogens with one attached hydrogen (secondary N) is 3. The number of benzene rings is 1. The van der Waals surface area contributed by atoms with Crippen molar-refractivity contribution in [3.63, 3.8) is 0 Å². The monoisotopic (exact) mass is 460 g/mol. The zero-order valence-electron chi connectivity index (χ0n) is 15.9. The molecule has 0 aliphatic heterocycles. The molecule has 5 nitrogen and oxygen atoms in total. The Morgan fingerprint density at radius 3 is 2.52 bits per heavy atom. The highest BCUT2D eigenvalue weighted by atomic mass is 127. The van der Waals surface area contributed by atoms with Gasteiger partial charge in [0.1, 0.15) is 0 Å². The molecule has 6 heteroatoms. The van der Waals surface area contributed by atoms with Gasteiger partial charge in [-0.15, -0.1) is 24.0 Å². The first kappa shape index (κ1) is 23.7. The molecule has 0 bridgehead atoms. The summed E-state index contributed by atoms with van der Waals surface area (Å²) in [6.45, 7) is 11.5. The van der Waals surface area contributed by atoms with Gasteiger partial charge in [-0.3, -0.25) is 4.79 Å². The van der Waals surface area contributed by atoms with E-state index in [2.05, 4.69) is 41.7 Å². The standard InChI is InChI=1S/C19H32N4O.HI/c1-5-11-21-18(24)17-9-7-8-16(13-17)14-23-19(20-6-2)22-12-10-15(3)4;/h7-9,13,15H,5-6,10-12,14H2,1-4H3,(H,21,24)(H2,20,22,23);1H. The first-order chi connectivity index (χ1) is 11.6. The van der Waals surface area contributed by atoms with Gasteiger partial charge in [-0.25, -0.2) is 4.99 Å². The molecule has 142 valence electrons. The highest BCUT2D eigenvalue weighted by molar-refractivity contribution is 14.0. The molecule has 0 heterocycles. The van der Waals surface area contributed by atoms with E-state index in [1.807, 2.05) is 31.2 Å². The lowest BCUT2D eigenvalue weighted by atomic mass is 10.1. The molecule has 0 atom stereocenters. The summed E-state index contributed by atoms with van der Waals surface area (Å²) in [6, 6.07) is 7.65. The highest BCUT2D eigenvalue weighted by Gasteiger charge is 2.05. The van der Waals surface area contributed by atoms with Gasteiger partial charge in [0.05, 0.1) is 6.54 Å². The predicted molar refractivity (Wildman–Crippen MR) is 117 cm³/mol. The summed E-state index contributed by atoms with van der Waals surface area (Å²) in [6.07, 6.45) is 2.04. The second-order valence-electron chi connectivity index (χ2n) is 6.26. The normalized spacial score (nSPS) is 11.0. The van der Waals surface area contributed by atoms with Crippen LogP contribution in [-0.4, -0.2) is 31.5 Å². The maximum atomic E-state index is 12.0. The van der Waals surface area contributed by atoms with Crippen molar-refractivity contribution in [3.8, 4) is 0 Å². The molecule has 1 amide bonds. The van der Waals surface area contributed by atoms with Gasteiger partial charge >= 0.3 is 0 Å². The molecular weight excluding hydrogens is 427 g/mol. The number of hydrogen-bond acceptors (Lipinski definition) is 2. The van der Waals surface area contributed by atoms with Crippen molar-refractivity contribution < 1.29 is 4.79 Å². The summed E-state index contributed by atoms with van der Waals surface area (Å²) in [7, 11) is 0. The molecule has 1 aromatic carbocycles. The number of guanidine groups is 1. The van der Waals surface area contributed by atoms with Gasteiger partial charge in [0.2, 0.25) is 0 Å². The molecule has 0 aliphatic rings. The van der Waals surface area contributed by atoms with E-state index < -0.39 is 0 Å². The quantitative estimate of drug-likeness (QED) is 0.300. The molecular formula is C19H33IN4O. The summed E-state index contributed by atoms with van der Waals surface area (Å²) in [5.41, 5.74) is 1.72. The van der Waals surface area contributed by atoms with Crippen LogP contribution in [0.3, 0.4) is 0 Å². The second-order valence-corrected chi connectivity index (χ2v) is 6.26. The highest BCUT2D eigenvalue weighted by Crippen LogP contribution is 2.07. The van der Waals surface area contributed by atoms with Crippen LogP contribution in [0.1, 0.15) is 56.5 Å². The number of carbonyl (C=O) groups excluding carboxylic acids is 1. The largest absolute Gasteiger partial charge is 0.357 e. The molecule has 0 unspecified atom stereocenters. The molecule has 1 rings (SSSR count). The van der Waals surface area contributed by atoms with Crippen molar-refractivity contribution in [2.24, 2.45) is 10.9 Å². The Bertz CT molecular complexity index is 532. The van der Waals surface area contributed by atoms with Gasteiger partial charge in [0, 0.05) is 25.2 Å². The number of amides is 1. The second kappa shape index (κ2) is 13.9. The van der Waals surface area contributed by atoms with Crippen LogP contribution in [0.5, 0.6) is 0 Å². The lowest BCUT2D eigenvalue weighted by molar-refractivity contribution is 0.0953. The summed E-state index contributed by atoms with van der Waals surface area (Å²) in [4.78, 5) is 16.6. The fourth-order valence-corrected chi connectivity index (χ4v) is 2.14. The number of hydrogen-bond donors (Lipinski definition) is 3. The van der Waals surface area contributed by atoms with Crippen LogP contribution in [0.2, 0.25) is 0 Å². The Balaban J connectivity index is 0.00000576. The zero-order valence-corrected chi connectivity index (χ0v) is 18.2. The maximum absolute atomic E-state index is 12.0. The van der Waals surface area contributed by atoms with Crippen LogP contribution in [0.25, 0.3) is 0 Å². The van der Waals surface area contributed by atoms with Gasteiger partial charge in [0.25, 0.3) is 5.91 Å². The fraction of sp³-hybridized carbons (Fsp3) is 0.579. The minimum absolute atomic E-state index is 0. The third-order valence-electron chi connectivity index (χ3n) is 3.50. The molecule has 0 saturated carbocycles. The minimum atomic E-state index is -0.0235. The summed E-state index contributed by atoms with van der Waals surface area (Å²) in [5.74, 6) is 1.46. The molecule has 0 saturated heterocycles. The number of nitrogens with zero attached hydrogens (tertiary/aromatic N) is 1. The zero-order chi connectivity index (χ0) is 17.8. The first-order valence-electron chi connectivity index (χ1n) is 8.96. The molecule has 0 spiro atoms.